The number of amides is 2. The predicted molar refractivity (Wildman–Crippen MR) is 63.4 cm³/mol. The Morgan fingerprint density at radius 1 is 1.71 bits per heavy atom. The first-order valence-electron chi connectivity index (χ1n) is 5.63. The number of hydrogen-bond donors (Lipinski definition) is 3. The van der Waals surface area contributed by atoms with E-state index in [4.69, 9.17) is 5.73 Å². The SMILES string of the molecule is CCn1cc(N)cc1C(=O)NC1CNC(=O)C1. The first-order chi connectivity index (χ1) is 8.10. The van der Waals surface area contributed by atoms with E-state index in [0.717, 1.165) is 0 Å². The standard InChI is InChI=1S/C11H16N4O2/c1-2-15-6-7(12)3-9(15)11(17)14-8-4-10(16)13-5-8/h3,6,8H,2,4-5,12H2,1H3,(H,13,16)(H,14,17). The minimum atomic E-state index is -0.190. The Labute approximate surface area is 99.2 Å². The molecule has 1 aromatic heterocycles. The van der Waals surface area contributed by atoms with Crippen LogP contribution in [0.4, 0.5) is 5.69 Å². The molecule has 2 amide bonds. The number of anilines is 1. The van der Waals surface area contributed by atoms with Crippen molar-refractivity contribution in [1.29, 1.82) is 0 Å². The van der Waals surface area contributed by atoms with Crippen LogP contribution in [-0.4, -0.2) is 29.0 Å². The molecular weight excluding hydrogens is 220 g/mol. The first-order valence-corrected chi connectivity index (χ1v) is 5.63. The Balaban J connectivity index is 2.06. The summed E-state index contributed by atoms with van der Waals surface area (Å²) >= 11 is 0. The first kappa shape index (κ1) is 11.5. The number of nitrogens with one attached hydrogen (secondary N) is 2. The van der Waals surface area contributed by atoms with Gasteiger partial charge in [0.15, 0.2) is 0 Å². The Kier molecular flexibility index (Phi) is 3.03. The summed E-state index contributed by atoms with van der Waals surface area (Å²) < 4.78 is 1.79. The van der Waals surface area contributed by atoms with E-state index in [9.17, 15) is 9.59 Å². The van der Waals surface area contributed by atoms with E-state index in [0.29, 0.717) is 30.9 Å². The third-order valence-electron chi connectivity index (χ3n) is 2.80. The molecule has 0 saturated carbocycles. The molecule has 0 aromatic carbocycles. The number of carbonyl (C=O) groups excluding carboxylic acids is 2. The maximum Gasteiger partial charge on any atom is 0.268 e. The van der Waals surface area contributed by atoms with E-state index < -0.39 is 0 Å². The normalized spacial score (nSPS) is 19.1. The van der Waals surface area contributed by atoms with Gasteiger partial charge in [-0.15, -0.1) is 0 Å². The van der Waals surface area contributed by atoms with E-state index in [2.05, 4.69) is 10.6 Å². The summed E-state index contributed by atoms with van der Waals surface area (Å²) in [6.07, 6.45) is 2.07. The molecule has 4 N–H and O–H groups in total. The highest BCUT2D eigenvalue weighted by atomic mass is 16.2. The summed E-state index contributed by atoms with van der Waals surface area (Å²) in [7, 11) is 0. The molecule has 1 atom stereocenters. The van der Waals surface area contributed by atoms with Gasteiger partial charge in [0.2, 0.25) is 5.91 Å². The monoisotopic (exact) mass is 236 g/mol. The van der Waals surface area contributed by atoms with E-state index >= 15 is 0 Å². The Bertz CT molecular complexity index is 452. The number of nitrogens with two attached hydrogens (primary N) is 1. The zero-order valence-corrected chi connectivity index (χ0v) is 9.69. The van der Waals surface area contributed by atoms with Crippen molar-refractivity contribution in [2.45, 2.75) is 25.9 Å². The molecule has 0 radical (unpaired) electrons. The van der Waals surface area contributed by atoms with Gasteiger partial charge < -0.3 is 20.9 Å². The van der Waals surface area contributed by atoms with Crippen LogP contribution in [0.2, 0.25) is 0 Å². The van der Waals surface area contributed by atoms with Crippen molar-refractivity contribution < 1.29 is 9.59 Å². The Morgan fingerprint density at radius 3 is 3.06 bits per heavy atom. The second-order valence-electron chi connectivity index (χ2n) is 4.12. The van der Waals surface area contributed by atoms with Gasteiger partial charge in [-0.1, -0.05) is 0 Å². The van der Waals surface area contributed by atoms with Gasteiger partial charge >= 0.3 is 0 Å². The lowest BCUT2D eigenvalue weighted by Crippen LogP contribution is -2.37. The van der Waals surface area contributed by atoms with Crippen molar-refractivity contribution in [2.24, 2.45) is 0 Å². The summed E-state index contributed by atoms with van der Waals surface area (Å²) in [6, 6.07) is 1.51. The van der Waals surface area contributed by atoms with Crippen molar-refractivity contribution in [3.8, 4) is 0 Å². The molecule has 1 aliphatic rings. The molecule has 2 heterocycles. The van der Waals surface area contributed by atoms with Gasteiger partial charge in [0.05, 0.1) is 11.7 Å². The van der Waals surface area contributed by atoms with Crippen LogP contribution in [0.1, 0.15) is 23.8 Å². The fraction of sp³-hybridized carbons (Fsp3) is 0.455. The molecule has 92 valence electrons. The third kappa shape index (κ3) is 2.41. The maximum absolute atomic E-state index is 12.0. The van der Waals surface area contributed by atoms with Crippen LogP contribution >= 0.6 is 0 Å². The topological polar surface area (TPSA) is 89.2 Å². The van der Waals surface area contributed by atoms with Gasteiger partial charge in [0.25, 0.3) is 5.91 Å². The van der Waals surface area contributed by atoms with Crippen LogP contribution < -0.4 is 16.4 Å². The molecular formula is C11H16N4O2. The van der Waals surface area contributed by atoms with Crippen molar-refractivity contribution in [2.75, 3.05) is 12.3 Å². The average Bonchev–Trinajstić information content (AvgIpc) is 2.84. The van der Waals surface area contributed by atoms with Crippen LogP contribution in [0.15, 0.2) is 12.3 Å². The fourth-order valence-corrected chi connectivity index (χ4v) is 1.95. The molecule has 0 bridgehead atoms. The summed E-state index contributed by atoms with van der Waals surface area (Å²) in [5, 5.41) is 5.49. The predicted octanol–water partition coefficient (Wildman–Crippen LogP) is -0.291. The summed E-state index contributed by atoms with van der Waals surface area (Å²) in [4.78, 5) is 23.0. The number of rotatable bonds is 3. The molecule has 2 rings (SSSR count). The number of hydrogen-bond acceptors (Lipinski definition) is 3. The lowest BCUT2D eigenvalue weighted by Gasteiger charge is -2.11. The quantitative estimate of drug-likeness (QED) is 0.673. The Morgan fingerprint density at radius 2 is 2.47 bits per heavy atom. The molecule has 1 aliphatic heterocycles. The smallest absolute Gasteiger partial charge is 0.268 e. The van der Waals surface area contributed by atoms with Crippen LogP contribution in [0.3, 0.4) is 0 Å². The molecule has 0 spiro atoms. The zero-order chi connectivity index (χ0) is 12.4. The van der Waals surface area contributed by atoms with Crippen molar-refractivity contribution >= 4 is 17.5 Å². The summed E-state index contributed by atoms with van der Waals surface area (Å²) in [5.41, 5.74) is 6.75. The second kappa shape index (κ2) is 4.48. The van der Waals surface area contributed by atoms with Gasteiger partial charge in [0, 0.05) is 25.7 Å². The highest BCUT2D eigenvalue weighted by molar-refractivity contribution is 5.94. The van der Waals surface area contributed by atoms with Gasteiger partial charge in [-0.2, -0.15) is 0 Å². The average molecular weight is 236 g/mol. The molecule has 1 unspecified atom stereocenters. The third-order valence-corrected chi connectivity index (χ3v) is 2.80. The van der Waals surface area contributed by atoms with Gasteiger partial charge in [0.1, 0.15) is 5.69 Å². The summed E-state index contributed by atoms with van der Waals surface area (Å²) in [5.74, 6) is -0.217. The lowest BCUT2D eigenvalue weighted by molar-refractivity contribution is -0.119. The van der Waals surface area contributed by atoms with Crippen LogP contribution in [-0.2, 0) is 11.3 Å². The summed E-state index contributed by atoms with van der Waals surface area (Å²) in [6.45, 7) is 3.12. The number of nitrogens with zero attached hydrogens (tertiary/aromatic N) is 1. The molecule has 6 heteroatoms. The Hall–Kier alpha value is -1.98. The lowest BCUT2D eigenvalue weighted by atomic mass is 10.2. The highest BCUT2D eigenvalue weighted by Crippen LogP contribution is 2.11. The number of aryl methyl sites for hydroxylation is 1. The highest BCUT2D eigenvalue weighted by Gasteiger charge is 2.24. The van der Waals surface area contributed by atoms with E-state index in [1.54, 1.807) is 16.8 Å². The van der Waals surface area contributed by atoms with Crippen LogP contribution in [0.25, 0.3) is 0 Å². The number of nitrogen functional groups attached to an aromatic ring is 1. The van der Waals surface area contributed by atoms with Crippen LogP contribution in [0.5, 0.6) is 0 Å². The van der Waals surface area contributed by atoms with Gasteiger partial charge in [-0.3, -0.25) is 9.59 Å². The van der Waals surface area contributed by atoms with Crippen molar-refractivity contribution in [3.05, 3.63) is 18.0 Å². The molecule has 6 nitrogen and oxygen atoms in total. The zero-order valence-electron chi connectivity index (χ0n) is 9.69. The van der Waals surface area contributed by atoms with Gasteiger partial charge in [-0.25, -0.2) is 0 Å². The molecule has 1 saturated heterocycles. The molecule has 0 aliphatic carbocycles. The second-order valence-corrected chi connectivity index (χ2v) is 4.12. The molecule has 1 aromatic rings. The van der Waals surface area contributed by atoms with Crippen molar-refractivity contribution in [1.82, 2.24) is 15.2 Å². The largest absolute Gasteiger partial charge is 0.397 e. The van der Waals surface area contributed by atoms with E-state index in [-0.39, 0.29) is 17.9 Å². The van der Waals surface area contributed by atoms with E-state index in [1.807, 2.05) is 6.92 Å². The fourth-order valence-electron chi connectivity index (χ4n) is 1.95. The molecule has 1 fully saturated rings. The van der Waals surface area contributed by atoms with Crippen molar-refractivity contribution in [3.63, 3.8) is 0 Å². The van der Waals surface area contributed by atoms with Crippen LogP contribution in [0, 0.1) is 0 Å². The number of aromatic nitrogens is 1. The number of carbonyl (C=O) groups is 2. The van der Waals surface area contributed by atoms with Gasteiger partial charge in [-0.05, 0) is 13.0 Å². The molecule has 17 heavy (non-hydrogen) atoms. The van der Waals surface area contributed by atoms with E-state index in [1.165, 1.54) is 0 Å². The minimum Gasteiger partial charge on any atom is -0.397 e. The maximum atomic E-state index is 12.0. The minimum absolute atomic E-state index is 0.0271.